The third-order valence-electron chi connectivity index (χ3n) is 10.4. The molecule has 4 nitrogen and oxygen atoms in total. The zero-order valence-electron chi connectivity index (χ0n) is 36.4. The molecule has 2 aliphatic heterocycles. The van der Waals surface area contributed by atoms with Gasteiger partial charge in [0.05, 0.1) is 36.9 Å². The van der Waals surface area contributed by atoms with E-state index in [0.29, 0.717) is 0 Å². The van der Waals surface area contributed by atoms with Crippen LogP contribution >= 0.6 is 94.1 Å². The van der Waals surface area contributed by atoms with E-state index < -0.39 is 11.9 Å². The van der Waals surface area contributed by atoms with Gasteiger partial charge in [-0.1, -0.05) is 254 Å². The molecular formula is C46H80O4S8. The fourth-order valence-corrected chi connectivity index (χ4v) is 18.5. The summed E-state index contributed by atoms with van der Waals surface area (Å²) < 4.78 is 7.18. The highest BCUT2D eigenvalue weighted by molar-refractivity contribution is 8.45. The minimum atomic E-state index is -0.849. The van der Waals surface area contributed by atoms with E-state index in [1.165, 1.54) is 246 Å². The first-order valence-electron chi connectivity index (χ1n) is 23.3. The molecule has 0 bridgehead atoms. The number of thioether (sulfide) groups is 8. The molecular weight excluding hydrogens is 873 g/mol. The molecule has 0 fully saturated rings. The van der Waals surface area contributed by atoms with Crippen LogP contribution in [-0.2, 0) is 9.59 Å². The fraction of sp³-hybridized carbons (Fsp3) is 0.826. The summed E-state index contributed by atoms with van der Waals surface area (Å²) in [5.41, 5.74) is 0. The van der Waals surface area contributed by atoms with E-state index in [0.717, 1.165) is 20.0 Å². The molecule has 2 aliphatic rings. The Hall–Kier alpha value is 0.960. The molecule has 0 saturated heterocycles. The molecule has 0 saturated carbocycles. The minimum absolute atomic E-state index is 0.0119. The smallest absolute Gasteiger partial charge is 0.313 e. The number of carboxylic acid groups (broad SMARTS) is 2. The van der Waals surface area contributed by atoms with E-state index in [-0.39, 0.29) is 11.5 Å². The van der Waals surface area contributed by atoms with Crippen molar-refractivity contribution in [3.05, 3.63) is 25.4 Å². The van der Waals surface area contributed by atoms with E-state index in [9.17, 15) is 19.8 Å². The van der Waals surface area contributed by atoms with Gasteiger partial charge in [0.2, 0.25) is 0 Å². The Balaban J connectivity index is 1.70. The molecule has 0 aromatic heterocycles. The second-order valence-corrected chi connectivity index (χ2v) is 25.6. The van der Waals surface area contributed by atoms with E-state index in [1.54, 1.807) is 23.5 Å². The van der Waals surface area contributed by atoms with Crippen LogP contribution in [0.3, 0.4) is 0 Å². The van der Waals surface area contributed by atoms with Crippen molar-refractivity contribution in [2.45, 2.75) is 219 Å². The van der Waals surface area contributed by atoms with Crippen LogP contribution in [0.2, 0.25) is 0 Å². The van der Waals surface area contributed by atoms with Gasteiger partial charge in [-0.2, -0.15) is 0 Å². The van der Waals surface area contributed by atoms with Crippen LogP contribution in [0.4, 0.5) is 0 Å². The number of carboxylic acids is 2. The highest BCUT2D eigenvalue weighted by atomic mass is 32.3. The Morgan fingerprint density at radius 2 is 0.552 bits per heavy atom. The zero-order valence-corrected chi connectivity index (χ0v) is 43.0. The molecule has 336 valence electrons. The number of hydrogen-bond acceptors (Lipinski definition) is 10. The van der Waals surface area contributed by atoms with Crippen molar-refractivity contribution in [1.29, 1.82) is 0 Å². The second kappa shape index (κ2) is 39.5. The average molecular weight is 954 g/mol. The van der Waals surface area contributed by atoms with Gasteiger partial charge >= 0.3 is 11.9 Å². The minimum Gasteiger partial charge on any atom is -0.481 e. The maximum atomic E-state index is 11.3. The molecule has 0 aromatic carbocycles. The molecule has 0 aromatic rings. The highest BCUT2D eigenvalue weighted by Gasteiger charge is 2.31. The van der Waals surface area contributed by atoms with Crippen molar-refractivity contribution < 1.29 is 19.8 Å². The molecule has 2 N–H and O–H groups in total. The molecule has 0 unspecified atom stereocenters. The van der Waals surface area contributed by atoms with Crippen LogP contribution in [0.1, 0.15) is 219 Å². The topological polar surface area (TPSA) is 74.6 Å². The van der Waals surface area contributed by atoms with Crippen LogP contribution in [-0.4, -0.2) is 45.2 Å². The van der Waals surface area contributed by atoms with Gasteiger partial charge in [-0.25, -0.2) is 0 Å². The predicted octanol–water partition coefficient (Wildman–Crippen LogP) is 19.0. The zero-order chi connectivity index (χ0) is 41.7. The molecule has 58 heavy (non-hydrogen) atoms. The summed E-state index contributed by atoms with van der Waals surface area (Å²) in [6, 6.07) is 0. The third kappa shape index (κ3) is 30.1. The summed E-state index contributed by atoms with van der Waals surface area (Å²) in [5.74, 6) is 0.595. The van der Waals surface area contributed by atoms with Crippen molar-refractivity contribution in [3.63, 3.8) is 0 Å². The third-order valence-corrected chi connectivity index (χ3v) is 22.1. The SMILES string of the molecule is CCCCCCCCCCCCCCCCCCSC1=C(SCCCCCCCCCCCCCCCCCC)SC(=C2SC(SCC(=O)O)=C(SCC(=O)O)S2)S1. The van der Waals surface area contributed by atoms with Crippen molar-refractivity contribution in [2.75, 3.05) is 23.0 Å². The fourth-order valence-electron chi connectivity index (χ4n) is 6.95. The number of rotatable bonds is 42. The molecule has 0 spiro atoms. The van der Waals surface area contributed by atoms with Crippen molar-refractivity contribution in [2.24, 2.45) is 0 Å². The van der Waals surface area contributed by atoms with Gasteiger partial charge in [0.1, 0.15) is 0 Å². The number of carbonyl (C=O) groups is 2. The van der Waals surface area contributed by atoms with Crippen molar-refractivity contribution in [3.8, 4) is 0 Å². The maximum absolute atomic E-state index is 11.3. The lowest BCUT2D eigenvalue weighted by Crippen LogP contribution is -1.98. The summed E-state index contributed by atoms with van der Waals surface area (Å²) in [6.07, 6.45) is 44.6. The molecule has 2 heterocycles. The van der Waals surface area contributed by atoms with Gasteiger partial charge < -0.3 is 10.2 Å². The quantitative estimate of drug-likeness (QED) is 0.0573. The van der Waals surface area contributed by atoms with Crippen LogP contribution in [0.25, 0.3) is 0 Å². The highest BCUT2D eigenvalue weighted by Crippen LogP contribution is 2.66. The maximum Gasteiger partial charge on any atom is 0.313 e. The number of aliphatic carboxylic acids is 2. The largest absolute Gasteiger partial charge is 0.481 e. The first-order chi connectivity index (χ1) is 28.4. The molecule has 12 heteroatoms. The van der Waals surface area contributed by atoms with Crippen LogP contribution < -0.4 is 0 Å². The average Bonchev–Trinajstić information content (AvgIpc) is 3.82. The van der Waals surface area contributed by atoms with Gasteiger partial charge in [-0.05, 0) is 24.3 Å². The molecule has 2 rings (SSSR count). The molecule has 0 atom stereocenters. The van der Waals surface area contributed by atoms with E-state index in [1.807, 2.05) is 47.0 Å². The lowest BCUT2D eigenvalue weighted by molar-refractivity contribution is -0.134. The second-order valence-electron chi connectivity index (χ2n) is 15.8. The van der Waals surface area contributed by atoms with E-state index in [2.05, 4.69) is 13.8 Å². The summed E-state index contributed by atoms with van der Waals surface area (Å²) in [5, 5.41) is 18.6. The van der Waals surface area contributed by atoms with E-state index in [4.69, 9.17) is 0 Å². The van der Waals surface area contributed by atoms with Gasteiger partial charge in [0.25, 0.3) is 0 Å². The van der Waals surface area contributed by atoms with Crippen LogP contribution in [0.15, 0.2) is 25.4 Å². The summed E-state index contributed by atoms with van der Waals surface area (Å²) in [7, 11) is 0. The Morgan fingerprint density at radius 1 is 0.345 bits per heavy atom. The first-order valence-corrected chi connectivity index (χ1v) is 30.5. The normalized spacial score (nSPS) is 14.5. The van der Waals surface area contributed by atoms with Gasteiger partial charge in [-0.3, -0.25) is 9.59 Å². The predicted molar refractivity (Wildman–Crippen MR) is 276 cm³/mol. The Bertz CT molecular complexity index is 1090. The molecule has 0 amide bonds. The monoisotopic (exact) mass is 952 g/mol. The Labute approximate surface area is 390 Å². The van der Waals surface area contributed by atoms with Crippen LogP contribution in [0.5, 0.6) is 0 Å². The lowest BCUT2D eigenvalue weighted by atomic mass is 10.0. The standard InChI is InChI=1S/C46H80O4S8/c1-3-5-7-9-11-13-15-17-19-21-23-25-27-29-31-33-35-51-41-42(52-36-34-32-30-28-26-24-22-20-18-16-14-12-10-8-6-4-2)56-45(55-41)46-57-43(53-37-39(47)48)44(58-46)54-38-40(49)50/h3-38H2,1-2H3,(H,47,48)(H,49,50). The number of unbranched alkanes of at least 4 members (excludes halogenated alkanes) is 30. The molecule has 0 radical (unpaired) electrons. The van der Waals surface area contributed by atoms with Gasteiger partial charge in [0.15, 0.2) is 0 Å². The summed E-state index contributed by atoms with van der Waals surface area (Å²) in [6.45, 7) is 4.58. The van der Waals surface area contributed by atoms with Gasteiger partial charge in [0, 0.05) is 0 Å². The summed E-state index contributed by atoms with van der Waals surface area (Å²) in [4.78, 5) is 22.7. The Morgan fingerprint density at radius 3 is 0.776 bits per heavy atom. The van der Waals surface area contributed by atoms with Crippen LogP contribution in [0, 0.1) is 0 Å². The number of hydrogen-bond donors (Lipinski definition) is 2. The molecule has 0 aliphatic carbocycles. The van der Waals surface area contributed by atoms with E-state index >= 15 is 0 Å². The van der Waals surface area contributed by atoms with Crippen molar-refractivity contribution >= 4 is 106 Å². The lowest BCUT2D eigenvalue weighted by Gasteiger charge is -2.06. The van der Waals surface area contributed by atoms with Gasteiger partial charge in [-0.15, -0.1) is 47.0 Å². The summed E-state index contributed by atoms with van der Waals surface area (Å²) >= 11 is 13.7. The first kappa shape index (κ1) is 55.1. The Kier molecular flexibility index (Phi) is 37.6. The van der Waals surface area contributed by atoms with Crippen molar-refractivity contribution in [1.82, 2.24) is 0 Å².